The summed E-state index contributed by atoms with van der Waals surface area (Å²) < 4.78 is 53.9. The Labute approximate surface area is 214 Å². The monoisotopic (exact) mass is 539 g/mol. The summed E-state index contributed by atoms with van der Waals surface area (Å²) in [5, 5.41) is 14.4. The molecule has 2 aliphatic rings. The zero-order valence-electron chi connectivity index (χ0n) is 21.4. The van der Waals surface area contributed by atoms with Crippen LogP contribution in [0.15, 0.2) is 24.4 Å². The Morgan fingerprint density at radius 3 is 2.41 bits per heavy atom. The average Bonchev–Trinajstić information content (AvgIpc) is 3.33. The maximum absolute atomic E-state index is 15.1. The molecule has 2 aromatic rings. The Kier molecular flexibility index (Phi) is 6.82. The molecule has 0 bridgehead atoms. The van der Waals surface area contributed by atoms with Gasteiger partial charge in [0.05, 0.1) is 24.0 Å². The number of likely N-dealkylation sites (tertiary alicyclic amines) is 1. The summed E-state index contributed by atoms with van der Waals surface area (Å²) >= 11 is 0. The highest BCUT2D eigenvalue weighted by Crippen LogP contribution is 2.41. The summed E-state index contributed by atoms with van der Waals surface area (Å²) in [6.45, 7) is 7.27. The van der Waals surface area contributed by atoms with Crippen LogP contribution in [0.25, 0.3) is 0 Å². The molecule has 2 amide bonds. The third-order valence-electron chi connectivity index (χ3n) is 7.00. The lowest BCUT2D eigenvalue weighted by Gasteiger charge is -2.52. The van der Waals surface area contributed by atoms with Crippen molar-refractivity contribution in [3.8, 4) is 0 Å². The second kappa shape index (κ2) is 9.35. The fourth-order valence-electron chi connectivity index (χ4n) is 5.49. The van der Waals surface area contributed by atoms with Gasteiger partial charge in [-0.1, -0.05) is 0 Å². The van der Waals surface area contributed by atoms with Crippen LogP contribution in [0.1, 0.15) is 57.0 Å². The van der Waals surface area contributed by atoms with Gasteiger partial charge in [0, 0.05) is 55.5 Å². The van der Waals surface area contributed by atoms with E-state index < -0.39 is 51.3 Å². The van der Waals surface area contributed by atoms with Crippen molar-refractivity contribution in [2.45, 2.75) is 70.9 Å². The van der Waals surface area contributed by atoms with Gasteiger partial charge in [0.25, 0.3) is 10.0 Å². The topological polar surface area (TPSA) is 116 Å². The third kappa shape index (κ3) is 5.19. The van der Waals surface area contributed by atoms with Gasteiger partial charge in [-0.3, -0.25) is 14.6 Å². The van der Waals surface area contributed by atoms with Crippen molar-refractivity contribution >= 4 is 22.0 Å². The van der Waals surface area contributed by atoms with Crippen molar-refractivity contribution in [2.24, 2.45) is 0 Å². The van der Waals surface area contributed by atoms with E-state index in [4.69, 9.17) is 0 Å². The summed E-state index contributed by atoms with van der Waals surface area (Å²) in [5.74, 6) is -1.82. The van der Waals surface area contributed by atoms with Crippen molar-refractivity contribution < 1.29 is 31.9 Å². The summed E-state index contributed by atoms with van der Waals surface area (Å²) in [6.07, 6.45) is 1.52. The molecular weight excluding hydrogens is 508 g/mol. The Hall–Kier alpha value is -3.06. The van der Waals surface area contributed by atoms with Gasteiger partial charge >= 0.3 is 6.09 Å². The fraction of sp³-hybridized carbons (Fsp3) is 0.542. The first-order chi connectivity index (χ1) is 17.1. The van der Waals surface area contributed by atoms with Crippen LogP contribution in [0.5, 0.6) is 0 Å². The number of fused-ring (bicyclic) bond motifs is 1. The van der Waals surface area contributed by atoms with E-state index in [2.05, 4.69) is 5.10 Å². The second-order valence-electron chi connectivity index (χ2n) is 10.7. The Bertz CT molecular complexity index is 1320. The minimum Gasteiger partial charge on any atom is -0.465 e. The van der Waals surface area contributed by atoms with Crippen molar-refractivity contribution in [3.05, 3.63) is 52.9 Å². The van der Waals surface area contributed by atoms with Gasteiger partial charge in [-0.2, -0.15) is 9.19 Å². The van der Waals surface area contributed by atoms with Gasteiger partial charge in [0.1, 0.15) is 11.6 Å². The lowest BCUT2D eigenvalue weighted by molar-refractivity contribution is -0.138. The van der Waals surface area contributed by atoms with E-state index in [-0.39, 0.29) is 24.6 Å². The molecular formula is C24H31F2N5O5S. The van der Waals surface area contributed by atoms with Crippen molar-refractivity contribution in [1.82, 2.24) is 23.9 Å². The number of carbonyl (C=O) groups is 2. The second-order valence-corrected chi connectivity index (χ2v) is 12.5. The molecule has 2 aliphatic heterocycles. The fourth-order valence-corrected chi connectivity index (χ4v) is 6.05. The van der Waals surface area contributed by atoms with E-state index in [0.717, 1.165) is 34.1 Å². The summed E-state index contributed by atoms with van der Waals surface area (Å²) in [4.78, 5) is 30.0. The molecule has 0 aliphatic carbocycles. The van der Waals surface area contributed by atoms with Crippen molar-refractivity contribution in [3.63, 3.8) is 0 Å². The van der Waals surface area contributed by atoms with E-state index in [0.29, 0.717) is 18.8 Å². The molecule has 1 aromatic heterocycles. The average molecular weight is 540 g/mol. The highest BCUT2D eigenvalue weighted by atomic mass is 32.2. The zero-order valence-corrected chi connectivity index (χ0v) is 22.2. The number of halogens is 2. The first kappa shape index (κ1) is 27.0. The molecule has 0 unspecified atom stereocenters. The highest BCUT2D eigenvalue weighted by molar-refractivity contribution is 7.89. The van der Waals surface area contributed by atoms with Crippen LogP contribution in [0.2, 0.25) is 0 Å². The predicted molar refractivity (Wildman–Crippen MR) is 130 cm³/mol. The lowest BCUT2D eigenvalue weighted by Crippen LogP contribution is -2.63. The number of amides is 2. The Balaban J connectivity index is 1.75. The van der Waals surface area contributed by atoms with E-state index >= 15 is 4.39 Å². The zero-order chi connectivity index (χ0) is 27.4. The smallest absolute Gasteiger partial charge is 0.408 e. The number of hydrogen-bond acceptors (Lipinski definition) is 6. The quantitative estimate of drug-likeness (QED) is 0.635. The molecule has 3 atom stereocenters. The highest BCUT2D eigenvalue weighted by Gasteiger charge is 2.48. The van der Waals surface area contributed by atoms with E-state index in [1.54, 1.807) is 20.8 Å². The Morgan fingerprint density at radius 1 is 1.19 bits per heavy atom. The van der Waals surface area contributed by atoms with Crippen molar-refractivity contribution in [2.75, 3.05) is 12.8 Å². The standard InChI is InChI=1S/C24H31F2N5O5S/c1-14(32)29-12-17(28-10-15-11-30(37(5,35)36)27-20(15)13-28)9-21(31(23(33)34)24(2,3)4)22(29)18-8-16(25)6-7-19(18)26/h6-8,11,17,21-22H,9-10,12-13H2,1-5H3,(H,33,34)/t17-,21+,22+/m1/s1. The van der Waals surface area contributed by atoms with Crippen LogP contribution >= 0.6 is 0 Å². The maximum atomic E-state index is 15.1. The minimum atomic E-state index is -3.54. The number of piperidine rings is 1. The van der Waals surface area contributed by atoms with Gasteiger partial charge in [-0.15, -0.1) is 0 Å². The van der Waals surface area contributed by atoms with Crippen molar-refractivity contribution in [1.29, 1.82) is 0 Å². The molecule has 1 aromatic carbocycles. The van der Waals surface area contributed by atoms with Crippen LogP contribution in [-0.2, 0) is 27.9 Å². The van der Waals surface area contributed by atoms with Crippen LogP contribution in [-0.4, -0.2) is 79.8 Å². The molecule has 3 heterocycles. The Morgan fingerprint density at radius 2 is 1.86 bits per heavy atom. The number of carbonyl (C=O) groups excluding carboxylic acids is 1. The third-order valence-corrected chi connectivity index (χ3v) is 7.87. The van der Waals surface area contributed by atoms with E-state index in [9.17, 15) is 27.5 Å². The summed E-state index contributed by atoms with van der Waals surface area (Å²) in [7, 11) is -3.54. The van der Waals surface area contributed by atoms with Gasteiger partial charge < -0.3 is 10.0 Å². The lowest BCUT2D eigenvalue weighted by atomic mass is 9.84. The normalized spacial score (nSPS) is 22.7. The van der Waals surface area contributed by atoms with Crippen LogP contribution in [0.4, 0.5) is 13.6 Å². The molecule has 202 valence electrons. The molecule has 13 heteroatoms. The SMILES string of the molecule is CC(=O)N1C[C@H](N2Cc3cn(S(C)(=O)=O)nc3C2)C[C@H](N(C(=O)O)C(C)(C)C)[C@@H]1c1cc(F)ccc1F. The van der Waals surface area contributed by atoms with Crippen LogP contribution in [0.3, 0.4) is 0 Å². The molecule has 1 saturated heterocycles. The molecule has 1 fully saturated rings. The first-order valence-corrected chi connectivity index (χ1v) is 13.7. The summed E-state index contributed by atoms with van der Waals surface area (Å²) in [6, 6.07) is 0.707. The number of carboxylic acid groups (broad SMARTS) is 1. The molecule has 1 N–H and O–H groups in total. The van der Waals surface area contributed by atoms with E-state index in [1.807, 2.05) is 4.90 Å². The largest absolute Gasteiger partial charge is 0.465 e. The van der Waals surface area contributed by atoms with Crippen LogP contribution < -0.4 is 0 Å². The molecule has 10 nitrogen and oxygen atoms in total. The molecule has 0 spiro atoms. The molecule has 4 rings (SSSR count). The molecule has 37 heavy (non-hydrogen) atoms. The molecule has 0 radical (unpaired) electrons. The van der Waals surface area contributed by atoms with E-state index in [1.165, 1.54) is 22.9 Å². The maximum Gasteiger partial charge on any atom is 0.408 e. The van der Waals surface area contributed by atoms with Gasteiger partial charge in [-0.25, -0.2) is 22.0 Å². The number of hydrogen-bond donors (Lipinski definition) is 1. The minimum absolute atomic E-state index is 0.0803. The van der Waals surface area contributed by atoms with Gasteiger partial charge in [0.15, 0.2) is 0 Å². The first-order valence-electron chi connectivity index (χ1n) is 11.8. The number of benzene rings is 1. The predicted octanol–water partition coefficient (Wildman–Crippen LogP) is 2.79. The summed E-state index contributed by atoms with van der Waals surface area (Å²) in [5.41, 5.74) is 0.317. The van der Waals surface area contributed by atoms with Gasteiger partial charge in [0.2, 0.25) is 5.91 Å². The van der Waals surface area contributed by atoms with Crippen LogP contribution in [0, 0.1) is 11.6 Å². The number of rotatable bonds is 4. The number of aromatic nitrogens is 2. The number of nitrogens with zero attached hydrogens (tertiary/aromatic N) is 5. The molecule has 0 saturated carbocycles. The van der Waals surface area contributed by atoms with Gasteiger partial charge in [-0.05, 0) is 45.4 Å².